The van der Waals surface area contributed by atoms with Crippen LogP contribution in [0, 0.1) is 5.92 Å². The summed E-state index contributed by atoms with van der Waals surface area (Å²) in [6.07, 6.45) is 11.4. The van der Waals surface area contributed by atoms with E-state index >= 15 is 0 Å². The van der Waals surface area contributed by atoms with E-state index in [1.807, 2.05) is 0 Å². The highest BCUT2D eigenvalue weighted by Gasteiger charge is 2.32. The largest absolute Gasteiger partial charge is 0.388 e. The molecule has 4 N–H and O–H groups in total. The number of hydrogen-bond acceptors (Lipinski definition) is 3. The lowest BCUT2D eigenvalue weighted by atomic mass is 9.85. The van der Waals surface area contributed by atoms with Crippen molar-refractivity contribution in [1.82, 2.24) is 16.0 Å². The molecular formula is C20H36N4O2. The molecule has 3 fully saturated rings. The first kappa shape index (κ1) is 19.5. The molecule has 2 unspecified atom stereocenters. The second-order valence-corrected chi connectivity index (χ2v) is 8.47. The number of carbonyl (C=O) groups is 1. The Bertz CT molecular complexity index is 498. The lowest BCUT2D eigenvalue weighted by Gasteiger charge is -2.32. The monoisotopic (exact) mass is 364 g/mol. The molecule has 3 aliphatic carbocycles. The van der Waals surface area contributed by atoms with Crippen molar-refractivity contribution in [1.29, 1.82) is 0 Å². The zero-order valence-electron chi connectivity index (χ0n) is 16.2. The van der Waals surface area contributed by atoms with Crippen molar-refractivity contribution >= 4 is 11.9 Å². The average Bonchev–Trinajstić information content (AvgIpc) is 3.45. The maximum absolute atomic E-state index is 12.4. The fourth-order valence-electron chi connectivity index (χ4n) is 4.21. The van der Waals surface area contributed by atoms with Crippen molar-refractivity contribution in [3.8, 4) is 0 Å². The molecule has 148 valence electrons. The van der Waals surface area contributed by atoms with Crippen LogP contribution in [0.25, 0.3) is 0 Å². The number of rotatable bonds is 6. The summed E-state index contributed by atoms with van der Waals surface area (Å²) in [5.41, 5.74) is -0.639. The Balaban J connectivity index is 1.52. The van der Waals surface area contributed by atoms with E-state index in [9.17, 15) is 9.90 Å². The molecule has 0 bridgehead atoms. The van der Waals surface area contributed by atoms with Crippen LogP contribution in [0.2, 0.25) is 0 Å². The van der Waals surface area contributed by atoms with E-state index in [0.29, 0.717) is 12.6 Å². The number of nitrogens with zero attached hydrogens (tertiary/aromatic N) is 1. The second-order valence-electron chi connectivity index (χ2n) is 8.47. The van der Waals surface area contributed by atoms with E-state index in [2.05, 4.69) is 27.9 Å². The fourth-order valence-corrected chi connectivity index (χ4v) is 4.21. The predicted octanol–water partition coefficient (Wildman–Crippen LogP) is 2.07. The summed E-state index contributed by atoms with van der Waals surface area (Å²) in [5, 5.41) is 20.6. The highest BCUT2D eigenvalue weighted by atomic mass is 16.3. The van der Waals surface area contributed by atoms with Crippen LogP contribution in [0.4, 0.5) is 0 Å². The van der Waals surface area contributed by atoms with Gasteiger partial charge in [0.25, 0.3) is 0 Å². The minimum Gasteiger partial charge on any atom is -0.388 e. The molecule has 3 saturated carbocycles. The first-order chi connectivity index (χ1) is 12.6. The summed E-state index contributed by atoms with van der Waals surface area (Å²) in [6, 6.07) is 0.712. The van der Waals surface area contributed by atoms with E-state index in [4.69, 9.17) is 0 Å². The summed E-state index contributed by atoms with van der Waals surface area (Å²) >= 11 is 0. The van der Waals surface area contributed by atoms with Gasteiger partial charge < -0.3 is 21.1 Å². The van der Waals surface area contributed by atoms with Gasteiger partial charge in [0, 0.05) is 24.5 Å². The summed E-state index contributed by atoms with van der Waals surface area (Å²) in [7, 11) is 0. The number of carbonyl (C=O) groups excluding carboxylic acids is 1. The lowest BCUT2D eigenvalue weighted by Crippen LogP contribution is -2.48. The Morgan fingerprint density at radius 2 is 1.81 bits per heavy atom. The molecule has 0 aromatic heterocycles. The SMILES string of the molecule is CCNC(=NCC1(O)CCCCC1)NC1CCCC(C(=O)NC2CC2)C1. The minimum absolute atomic E-state index is 0.118. The molecule has 0 saturated heterocycles. The normalized spacial score (nSPS) is 29.1. The number of amides is 1. The molecule has 0 heterocycles. The van der Waals surface area contributed by atoms with Crippen molar-refractivity contribution in [2.24, 2.45) is 10.9 Å². The zero-order valence-corrected chi connectivity index (χ0v) is 16.2. The molecule has 6 nitrogen and oxygen atoms in total. The van der Waals surface area contributed by atoms with Gasteiger partial charge in [-0.05, 0) is 51.9 Å². The van der Waals surface area contributed by atoms with Gasteiger partial charge in [-0.25, -0.2) is 0 Å². The molecule has 0 radical (unpaired) electrons. The molecule has 0 aromatic rings. The fraction of sp³-hybridized carbons (Fsp3) is 0.900. The van der Waals surface area contributed by atoms with Gasteiger partial charge in [0.15, 0.2) is 5.96 Å². The number of aliphatic imine (C=N–C) groups is 1. The predicted molar refractivity (Wildman–Crippen MR) is 104 cm³/mol. The van der Waals surface area contributed by atoms with Gasteiger partial charge in [-0.1, -0.05) is 25.7 Å². The Morgan fingerprint density at radius 3 is 2.50 bits per heavy atom. The number of guanidine groups is 1. The van der Waals surface area contributed by atoms with Crippen LogP contribution in [0.3, 0.4) is 0 Å². The van der Waals surface area contributed by atoms with Crippen molar-refractivity contribution in [2.75, 3.05) is 13.1 Å². The van der Waals surface area contributed by atoms with Crippen LogP contribution in [0.15, 0.2) is 4.99 Å². The summed E-state index contributed by atoms with van der Waals surface area (Å²) < 4.78 is 0. The first-order valence-electron chi connectivity index (χ1n) is 10.7. The van der Waals surface area contributed by atoms with Crippen molar-refractivity contribution < 1.29 is 9.90 Å². The van der Waals surface area contributed by atoms with Crippen molar-refractivity contribution in [3.05, 3.63) is 0 Å². The van der Waals surface area contributed by atoms with Gasteiger partial charge in [0.1, 0.15) is 0 Å². The van der Waals surface area contributed by atoms with Crippen molar-refractivity contribution in [2.45, 2.75) is 95.2 Å². The Kier molecular flexibility index (Phi) is 6.79. The number of hydrogen-bond donors (Lipinski definition) is 4. The molecule has 3 rings (SSSR count). The number of nitrogens with one attached hydrogen (secondary N) is 3. The second kappa shape index (κ2) is 9.07. The smallest absolute Gasteiger partial charge is 0.223 e. The molecule has 3 aliphatic rings. The standard InChI is InChI=1S/C20H36N4O2/c1-2-21-19(22-14-20(26)11-4-3-5-12-20)24-17-8-6-7-15(13-17)18(25)23-16-9-10-16/h15-17,26H,2-14H2,1H3,(H,23,25)(H2,21,22,24). The minimum atomic E-state index is -0.639. The van der Waals surface area contributed by atoms with Crippen LogP contribution in [0.5, 0.6) is 0 Å². The Morgan fingerprint density at radius 1 is 1.04 bits per heavy atom. The maximum Gasteiger partial charge on any atom is 0.223 e. The highest BCUT2D eigenvalue weighted by molar-refractivity contribution is 5.81. The van der Waals surface area contributed by atoms with Gasteiger partial charge in [0.2, 0.25) is 5.91 Å². The lowest BCUT2D eigenvalue weighted by molar-refractivity contribution is -0.126. The van der Waals surface area contributed by atoms with Gasteiger partial charge in [-0.2, -0.15) is 0 Å². The maximum atomic E-state index is 12.4. The summed E-state index contributed by atoms with van der Waals surface area (Å²) in [4.78, 5) is 17.0. The zero-order chi connectivity index (χ0) is 18.4. The van der Waals surface area contributed by atoms with Gasteiger partial charge in [-0.15, -0.1) is 0 Å². The molecule has 26 heavy (non-hydrogen) atoms. The Hall–Kier alpha value is -1.30. The Labute approximate surface area is 157 Å². The van der Waals surface area contributed by atoms with E-state index in [1.54, 1.807) is 0 Å². The number of aliphatic hydroxyl groups is 1. The molecule has 6 heteroatoms. The average molecular weight is 365 g/mol. The third-order valence-corrected chi connectivity index (χ3v) is 5.97. The summed E-state index contributed by atoms with van der Waals surface area (Å²) in [5.74, 6) is 1.13. The van der Waals surface area contributed by atoms with Crippen LogP contribution in [-0.4, -0.2) is 47.7 Å². The third kappa shape index (κ3) is 5.86. The van der Waals surface area contributed by atoms with E-state index in [-0.39, 0.29) is 17.9 Å². The molecular weight excluding hydrogens is 328 g/mol. The first-order valence-corrected chi connectivity index (χ1v) is 10.7. The van der Waals surface area contributed by atoms with Crippen LogP contribution in [-0.2, 0) is 4.79 Å². The van der Waals surface area contributed by atoms with E-state index in [1.165, 1.54) is 6.42 Å². The van der Waals surface area contributed by atoms with Crippen molar-refractivity contribution in [3.63, 3.8) is 0 Å². The highest BCUT2D eigenvalue weighted by Crippen LogP contribution is 2.29. The molecule has 0 aliphatic heterocycles. The molecule has 0 aromatic carbocycles. The van der Waals surface area contributed by atoms with E-state index < -0.39 is 5.60 Å². The van der Waals surface area contributed by atoms with Crippen LogP contribution in [0.1, 0.15) is 77.6 Å². The van der Waals surface area contributed by atoms with Gasteiger partial charge in [0.05, 0.1) is 12.1 Å². The van der Waals surface area contributed by atoms with Crippen LogP contribution >= 0.6 is 0 Å². The topological polar surface area (TPSA) is 85.8 Å². The molecule has 2 atom stereocenters. The van der Waals surface area contributed by atoms with Gasteiger partial charge >= 0.3 is 0 Å². The quantitative estimate of drug-likeness (QED) is 0.429. The van der Waals surface area contributed by atoms with Gasteiger partial charge in [-0.3, -0.25) is 9.79 Å². The molecule has 0 spiro atoms. The van der Waals surface area contributed by atoms with E-state index in [0.717, 1.165) is 76.7 Å². The third-order valence-electron chi connectivity index (χ3n) is 5.97. The molecule has 1 amide bonds. The summed E-state index contributed by atoms with van der Waals surface area (Å²) in [6.45, 7) is 3.31. The van der Waals surface area contributed by atoms with Crippen LogP contribution < -0.4 is 16.0 Å².